The van der Waals surface area contributed by atoms with Gasteiger partial charge < -0.3 is 4.74 Å². The van der Waals surface area contributed by atoms with E-state index in [-0.39, 0.29) is 11.8 Å². The van der Waals surface area contributed by atoms with Crippen LogP contribution in [0.4, 0.5) is 0 Å². The smallest absolute Gasteiger partial charge is 0.315 e. The van der Waals surface area contributed by atoms with Crippen molar-refractivity contribution < 1.29 is 14.3 Å². The SMILES string of the molecule is CCOC(=O)[C@@]1(C)CCC(=O)C=C1CC. The lowest BCUT2D eigenvalue weighted by molar-refractivity contribution is -0.153. The Labute approximate surface area is 90.5 Å². The first-order chi connectivity index (χ1) is 7.04. The highest BCUT2D eigenvalue weighted by Crippen LogP contribution is 2.38. The molecular formula is C12H18O3. The molecule has 0 aromatic heterocycles. The summed E-state index contributed by atoms with van der Waals surface area (Å²) in [4.78, 5) is 23.1. The normalized spacial score (nSPS) is 26.1. The second-order valence-corrected chi connectivity index (χ2v) is 4.04. The van der Waals surface area contributed by atoms with E-state index in [9.17, 15) is 9.59 Å². The Bertz CT molecular complexity index is 304. The van der Waals surface area contributed by atoms with Crippen LogP contribution < -0.4 is 0 Å². The summed E-state index contributed by atoms with van der Waals surface area (Å²) in [5.41, 5.74) is 0.316. The zero-order chi connectivity index (χ0) is 11.5. The topological polar surface area (TPSA) is 43.4 Å². The van der Waals surface area contributed by atoms with Crippen molar-refractivity contribution in [3.63, 3.8) is 0 Å². The lowest BCUT2D eigenvalue weighted by Crippen LogP contribution is -2.35. The van der Waals surface area contributed by atoms with E-state index in [1.54, 1.807) is 13.0 Å². The minimum Gasteiger partial charge on any atom is -0.465 e. The van der Waals surface area contributed by atoms with Crippen LogP contribution in [0.1, 0.15) is 40.0 Å². The summed E-state index contributed by atoms with van der Waals surface area (Å²) in [5, 5.41) is 0. The largest absolute Gasteiger partial charge is 0.465 e. The number of carbonyl (C=O) groups is 2. The maximum absolute atomic E-state index is 11.8. The Kier molecular flexibility index (Phi) is 3.66. The summed E-state index contributed by atoms with van der Waals surface area (Å²) >= 11 is 0. The van der Waals surface area contributed by atoms with Gasteiger partial charge in [-0.3, -0.25) is 9.59 Å². The summed E-state index contributed by atoms with van der Waals surface area (Å²) < 4.78 is 5.06. The second-order valence-electron chi connectivity index (χ2n) is 4.04. The highest BCUT2D eigenvalue weighted by atomic mass is 16.5. The first-order valence-corrected chi connectivity index (χ1v) is 5.45. The average Bonchev–Trinajstić information content (AvgIpc) is 2.22. The van der Waals surface area contributed by atoms with Crippen molar-refractivity contribution in [1.29, 1.82) is 0 Å². The lowest BCUT2D eigenvalue weighted by Gasteiger charge is -2.32. The molecule has 0 N–H and O–H groups in total. The van der Waals surface area contributed by atoms with Crippen LogP contribution in [0.2, 0.25) is 0 Å². The van der Waals surface area contributed by atoms with Crippen molar-refractivity contribution in [2.24, 2.45) is 5.41 Å². The molecule has 3 nitrogen and oxygen atoms in total. The predicted octanol–water partition coefficient (Wildman–Crippen LogP) is 2.26. The van der Waals surface area contributed by atoms with Gasteiger partial charge in [0.15, 0.2) is 5.78 Å². The van der Waals surface area contributed by atoms with E-state index in [1.165, 1.54) is 0 Å². The highest BCUT2D eigenvalue weighted by Gasteiger charge is 2.40. The number of rotatable bonds is 3. The summed E-state index contributed by atoms with van der Waals surface area (Å²) in [6.45, 7) is 6.01. The Morgan fingerprint density at radius 2 is 2.20 bits per heavy atom. The van der Waals surface area contributed by atoms with Crippen LogP contribution in [-0.4, -0.2) is 18.4 Å². The van der Waals surface area contributed by atoms with E-state index < -0.39 is 5.41 Å². The lowest BCUT2D eigenvalue weighted by atomic mass is 9.72. The van der Waals surface area contributed by atoms with E-state index in [0.29, 0.717) is 19.4 Å². The second kappa shape index (κ2) is 4.60. The number of ether oxygens (including phenoxy) is 1. The van der Waals surface area contributed by atoms with Crippen LogP contribution in [0.3, 0.4) is 0 Å². The zero-order valence-electron chi connectivity index (χ0n) is 9.63. The van der Waals surface area contributed by atoms with Gasteiger partial charge in [-0.25, -0.2) is 0 Å². The van der Waals surface area contributed by atoms with E-state index in [0.717, 1.165) is 12.0 Å². The molecule has 0 fully saturated rings. The molecule has 15 heavy (non-hydrogen) atoms. The van der Waals surface area contributed by atoms with Crippen LogP contribution in [0.5, 0.6) is 0 Å². The maximum atomic E-state index is 11.8. The van der Waals surface area contributed by atoms with Gasteiger partial charge in [-0.2, -0.15) is 0 Å². The fourth-order valence-corrected chi connectivity index (χ4v) is 1.98. The van der Waals surface area contributed by atoms with Crippen LogP contribution >= 0.6 is 0 Å². The monoisotopic (exact) mass is 210 g/mol. The molecule has 1 atom stereocenters. The van der Waals surface area contributed by atoms with Crippen molar-refractivity contribution in [3.05, 3.63) is 11.6 Å². The molecule has 1 aliphatic rings. The number of ketones is 1. The minimum absolute atomic E-state index is 0.119. The molecule has 0 aromatic carbocycles. The Morgan fingerprint density at radius 1 is 1.53 bits per heavy atom. The number of hydrogen-bond donors (Lipinski definition) is 0. The Balaban J connectivity index is 2.96. The van der Waals surface area contributed by atoms with Crippen molar-refractivity contribution in [1.82, 2.24) is 0 Å². The fourth-order valence-electron chi connectivity index (χ4n) is 1.98. The van der Waals surface area contributed by atoms with Gasteiger partial charge in [0.2, 0.25) is 0 Å². The van der Waals surface area contributed by atoms with Crippen molar-refractivity contribution in [2.45, 2.75) is 40.0 Å². The minimum atomic E-state index is -0.585. The third-order valence-corrected chi connectivity index (χ3v) is 3.02. The first-order valence-electron chi connectivity index (χ1n) is 5.45. The molecule has 0 saturated heterocycles. The maximum Gasteiger partial charge on any atom is 0.315 e. The molecule has 0 aliphatic heterocycles. The van der Waals surface area contributed by atoms with Crippen molar-refractivity contribution >= 4 is 11.8 Å². The van der Waals surface area contributed by atoms with Gasteiger partial charge in [0.25, 0.3) is 0 Å². The Hall–Kier alpha value is -1.12. The fraction of sp³-hybridized carbons (Fsp3) is 0.667. The Morgan fingerprint density at radius 3 is 2.73 bits per heavy atom. The molecule has 0 bridgehead atoms. The van der Waals surface area contributed by atoms with Crippen LogP contribution in [0, 0.1) is 5.41 Å². The van der Waals surface area contributed by atoms with E-state index in [4.69, 9.17) is 4.74 Å². The molecule has 0 saturated carbocycles. The summed E-state index contributed by atoms with van der Waals surface area (Å²) in [7, 11) is 0. The predicted molar refractivity (Wildman–Crippen MR) is 57.4 cm³/mol. The standard InChI is InChI=1S/C12H18O3/c1-4-9-8-10(13)6-7-12(9,3)11(14)15-5-2/h8H,4-7H2,1-3H3/t12-/m0/s1. The summed E-state index contributed by atoms with van der Waals surface area (Å²) in [6, 6.07) is 0. The molecule has 1 aliphatic carbocycles. The molecule has 0 unspecified atom stereocenters. The van der Waals surface area contributed by atoms with Crippen molar-refractivity contribution in [2.75, 3.05) is 6.61 Å². The first kappa shape index (κ1) is 12.0. The molecule has 3 heteroatoms. The van der Waals surface area contributed by atoms with Gasteiger partial charge in [-0.1, -0.05) is 12.5 Å². The quantitative estimate of drug-likeness (QED) is 0.671. The molecule has 0 amide bonds. The number of carbonyl (C=O) groups excluding carboxylic acids is 2. The van der Waals surface area contributed by atoms with Gasteiger partial charge in [-0.05, 0) is 32.8 Å². The molecule has 0 aromatic rings. The van der Waals surface area contributed by atoms with Gasteiger partial charge in [0.05, 0.1) is 12.0 Å². The molecule has 1 rings (SSSR count). The molecule has 0 heterocycles. The summed E-state index contributed by atoms with van der Waals surface area (Å²) in [5.74, 6) is -0.0841. The zero-order valence-corrected chi connectivity index (χ0v) is 9.63. The third-order valence-electron chi connectivity index (χ3n) is 3.02. The number of allylic oxidation sites excluding steroid dienone is 1. The van der Waals surface area contributed by atoms with Gasteiger partial charge >= 0.3 is 5.97 Å². The third kappa shape index (κ3) is 2.28. The van der Waals surface area contributed by atoms with Crippen molar-refractivity contribution in [3.8, 4) is 0 Å². The number of esters is 1. The summed E-state index contributed by atoms with van der Waals surface area (Å²) in [6.07, 6.45) is 3.35. The van der Waals surface area contributed by atoms with Crippen LogP contribution in [0.15, 0.2) is 11.6 Å². The van der Waals surface area contributed by atoms with Gasteiger partial charge in [-0.15, -0.1) is 0 Å². The van der Waals surface area contributed by atoms with E-state index in [1.807, 2.05) is 13.8 Å². The van der Waals surface area contributed by atoms with Crippen LogP contribution in [0.25, 0.3) is 0 Å². The van der Waals surface area contributed by atoms with Gasteiger partial charge in [0.1, 0.15) is 0 Å². The molecular weight excluding hydrogens is 192 g/mol. The molecule has 0 spiro atoms. The van der Waals surface area contributed by atoms with E-state index >= 15 is 0 Å². The average molecular weight is 210 g/mol. The molecule has 84 valence electrons. The highest BCUT2D eigenvalue weighted by molar-refractivity contribution is 5.95. The van der Waals surface area contributed by atoms with Crippen LogP contribution in [-0.2, 0) is 14.3 Å². The number of hydrogen-bond acceptors (Lipinski definition) is 3. The molecule has 0 radical (unpaired) electrons. The van der Waals surface area contributed by atoms with E-state index in [2.05, 4.69) is 0 Å². The van der Waals surface area contributed by atoms with Gasteiger partial charge in [0, 0.05) is 6.42 Å².